The van der Waals surface area contributed by atoms with E-state index < -0.39 is 46.9 Å². The van der Waals surface area contributed by atoms with Crippen LogP contribution < -0.4 is 14.8 Å². The van der Waals surface area contributed by atoms with Crippen LogP contribution in [-0.2, 0) is 23.9 Å². The van der Waals surface area contributed by atoms with Gasteiger partial charge in [0.25, 0.3) is 0 Å². The first kappa shape index (κ1) is 29.0. The van der Waals surface area contributed by atoms with Crippen molar-refractivity contribution < 1.29 is 33.3 Å². The van der Waals surface area contributed by atoms with E-state index in [1.165, 1.54) is 7.11 Å². The van der Waals surface area contributed by atoms with Crippen molar-refractivity contribution >= 4 is 17.8 Å². The Kier molecular flexibility index (Phi) is 8.46. The van der Waals surface area contributed by atoms with Gasteiger partial charge in [-0.3, -0.25) is 9.59 Å². The molecule has 1 aromatic carbocycles. The molecule has 1 N–H and O–H groups in total. The Bertz CT molecular complexity index is 1260. The molecule has 1 amide bonds. The predicted octanol–water partition coefficient (Wildman–Crippen LogP) is 3.89. The van der Waals surface area contributed by atoms with Gasteiger partial charge in [-0.25, -0.2) is 4.79 Å². The van der Waals surface area contributed by atoms with Gasteiger partial charge in [0.2, 0.25) is 11.8 Å². The lowest BCUT2D eigenvalue weighted by Crippen LogP contribution is -2.49. The normalized spacial score (nSPS) is 25.4. The number of ether oxygens (including phenoxy) is 4. The molecule has 2 aromatic rings. The number of rotatable bonds is 10. The SMILES string of the molecule is C=CC1CC1(NC(=O)C1CC(Oc2cc(-c3ccccc3)nc(OC)n2)CC1C(=O)OC(C)(C)C)C(=O)OCC. The summed E-state index contributed by atoms with van der Waals surface area (Å²) in [7, 11) is 1.47. The zero-order valence-electron chi connectivity index (χ0n) is 23.6. The van der Waals surface area contributed by atoms with E-state index in [0.717, 1.165) is 5.56 Å². The van der Waals surface area contributed by atoms with Crippen LogP contribution >= 0.6 is 0 Å². The Morgan fingerprint density at radius 1 is 1.12 bits per heavy atom. The van der Waals surface area contributed by atoms with Crippen LogP contribution in [0.3, 0.4) is 0 Å². The average Bonchev–Trinajstić information content (AvgIpc) is 3.47. The van der Waals surface area contributed by atoms with Crippen LogP contribution in [0.4, 0.5) is 0 Å². The molecule has 2 fully saturated rings. The summed E-state index contributed by atoms with van der Waals surface area (Å²) in [5.74, 6) is -2.97. The van der Waals surface area contributed by atoms with E-state index >= 15 is 0 Å². The van der Waals surface area contributed by atoms with Gasteiger partial charge in [-0.2, -0.15) is 9.97 Å². The summed E-state index contributed by atoms with van der Waals surface area (Å²) in [5.41, 5.74) is -0.442. The zero-order chi connectivity index (χ0) is 29.1. The van der Waals surface area contributed by atoms with Gasteiger partial charge in [0.1, 0.15) is 17.2 Å². The Hall–Kier alpha value is -3.95. The van der Waals surface area contributed by atoms with Crippen molar-refractivity contribution in [2.24, 2.45) is 17.8 Å². The van der Waals surface area contributed by atoms with Crippen molar-refractivity contribution in [3.8, 4) is 23.1 Å². The van der Waals surface area contributed by atoms with Gasteiger partial charge in [0.15, 0.2) is 0 Å². The standard InChI is InChI=1S/C30H37N3O7/c1-7-19-17-30(19,27(36)38-8-2)33-25(34)21-14-20(15-22(21)26(35)40-29(3,4)5)39-24-16-23(31-28(32-24)37-6)18-12-10-9-11-13-18/h7,9-13,16,19-22H,1,8,14-15,17H2,2-6H3,(H,33,34). The highest BCUT2D eigenvalue weighted by molar-refractivity contribution is 5.94. The van der Waals surface area contributed by atoms with E-state index in [4.69, 9.17) is 18.9 Å². The predicted molar refractivity (Wildman–Crippen MR) is 146 cm³/mol. The molecule has 2 aliphatic rings. The van der Waals surface area contributed by atoms with Gasteiger partial charge in [0.05, 0.1) is 31.2 Å². The number of carbonyl (C=O) groups excluding carboxylic acids is 3. The Morgan fingerprint density at radius 2 is 1.82 bits per heavy atom. The van der Waals surface area contributed by atoms with Crippen molar-refractivity contribution in [3.05, 3.63) is 49.1 Å². The first-order valence-electron chi connectivity index (χ1n) is 13.5. The number of amides is 1. The minimum Gasteiger partial charge on any atom is -0.474 e. The first-order valence-corrected chi connectivity index (χ1v) is 13.5. The van der Waals surface area contributed by atoms with Gasteiger partial charge in [-0.1, -0.05) is 36.4 Å². The van der Waals surface area contributed by atoms with E-state index in [1.54, 1.807) is 39.8 Å². The third-order valence-corrected chi connectivity index (χ3v) is 7.07. The van der Waals surface area contributed by atoms with E-state index in [1.807, 2.05) is 30.3 Å². The van der Waals surface area contributed by atoms with Crippen LogP contribution in [0.25, 0.3) is 11.3 Å². The topological polar surface area (TPSA) is 126 Å². The number of nitrogens with one attached hydrogen (secondary N) is 1. The van der Waals surface area contributed by atoms with Crippen LogP contribution in [-0.4, -0.2) is 58.8 Å². The molecule has 0 spiro atoms. The molecular weight excluding hydrogens is 514 g/mol. The fourth-order valence-corrected chi connectivity index (χ4v) is 5.07. The van der Waals surface area contributed by atoms with Gasteiger partial charge in [-0.05, 0) is 47.0 Å². The Balaban J connectivity index is 1.57. The maximum absolute atomic E-state index is 13.6. The van der Waals surface area contributed by atoms with Crippen molar-refractivity contribution in [3.63, 3.8) is 0 Å². The lowest BCUT2D eigenvalue weighted by molar-refractivity contribution is -0.163. The quantitative estimate of drug-likeness (QED) is 0.346. The summed E-state index contributed by atoms with van der Waals surface area (Å²) in [6, 6.07) is 11.4. The summed E-state index contributed by atoms with van der Waals surface area (Å²) in [5, 5.41) is 2.88. The van der Waals surface area contributed by atoms with E-state index in [9.17, 15) is 14.4 Å². The number of hydrogen-bond donors (Lipinski definition) is 1. The summed E-state index contributed by atoms with van der Waals surface area (Å²) < 4.78 is 22.4. The first-order chi connectivity index (χ1) is 19.0. The molecular formula is C30H37N3O7. The van der Waals surface area contributed by atoms with Crippen LogP contribution in [0.2, 0.25) is 0 Å². The largest absolute Gasteiger partial charge is 0.474 e. The molecule has 2 aliphatic carbocycles. The van der Waals surface area contributed by atoms with Crippen LogP contribution in [0, 0.1) is 17.8 Å². The number of hydrogen-bond acceptors (Lipinski definition) is 9. The van der Waals surface area contributed by atoms with E-state index in [-0.39, 0.29) is 37.3 Å². The summed E-state index contributed by atoms with van der Waals surface area (Å²) in [4.78, 5) is 48.3. The summed E-state index contributed by atoms with van der Waals surface area (Å²) in [6.45, 7) is 11.0. The molecule has 0 radical (unpaired) electrons. The minimum atomic E-state index is -1.17. The lowest BCUT2D eigenvalue weighted by atomic mass is 9.94. The fraction of sp³-hybridized carbons (Fsp3) is 0.500. The monoisotopic (exact) mass is 551 g/mol. The van der Waals surface area contributed by atoms with E-state index in [0.29, 0.717) is 12.1 Å². The smallest absolute Gasteiger partial charge is 0.332 e. The molecule has 1 heterocycles. The highest BCUT2D eigenvalue weighted by Crippen LogP contribution is 2.46. The number of carbonyl (C=O) groups is 3. The van der Waals surface area contributed by atoms with Crippen LogP contribution in [0.1, 0.15) is 47.0 Å². The van der Waals surface area contributed by atoms with Crippen LogP contribution in [0.5, 0.6) is 11.9 Å². The van der Waals surface area contributed by atoms with Gasteiger partial charge < -0.3 is 24.3 Å². The number of aromatic nitrogens is 2. The number of methoxy groups -OCH3 is 1. The third kappa shape index (κ3) is 6.43. The lowest BCUT2D eigenvalue weighted by Gasteiger charge is -2.25. The molecule has 40 heavy (non-hydrogen) atoms. The Labute approximate surface area is 234 Å². The van der Waals surface area contributed by atoms with Crippen molar-refractivity contribution in [1.29, 1.82) is 0 Å². The molecule has 0 bridgehead atoms. The summed E-state index contributed by atoms with van der Waals surface area (Å²) in [6.07, 6.45) is 1.96. The second-order valence-corrected chi connectivity index (χ2v) is 11.1. The van der Waals surface area contributed by atoms with Crippen molar-refractivity contribution in [2.75, 3.05) is 13.7 Å². The van der Waals surface area contributed by atoms with Gasteiger partial charge in [-0.15, -0.1) is 6.58 Å². The van der Waals surface area contributed by atoms with Crippen molar-refractivity contribution in [2.45, 2.75) is 64.2 Å². The zero-order valence-corrected chi connectivity index (χ0v) is 23.6. The molecule has 0 aliphatic heterocycles. The molecule has 1 aromatic heterocycles. The molecule has 2 saturated carbocycles. The average molecular weight is 552 g/mol. The molecule has 5 unspecified atom stereocenters. The number of benzene rings is 1. The summed E-state index contributed by atoms with van der Waals surface area (Å²) >= 11 is 0. The highest BCUT2D eigenvalue weighted by atomic mass is 16.6. The second kappa shape index (κ2) is 11.7. The maximum atomic E-state index is 13.6. The second-order valence-electron chi connectivity index (χ2n) is 11.1. The minimum absolute atomic E-state index is 0.132. The molecule has 10 nitrogen and oxygen atoms in total. The van der Waals surface area contributed by atoms with Gasteiger partial charge in [0, 0.05) is 17.5 Å². The third-order valence-electron chi connectivity index (χ3n) is 7.07. The van der Waals surface area contributed by atoms with Crippen molar-refractivity contribution in [1.82, 2.24) is 15.3 Å². The Morgan fingerprint density at radius 3 is 2.42 bits per heavy atom. The molecule has 0 saturated heterocycles. The van der Waals surface area contributed by atoms with E-state index in [2.05, 4.69) is 21.9 Å². The molecule has 4 rings (SSSR count). The molecule has 214 valence electrons. The molecule has 5 atom stereocenters. The maximum Gasteiger partial charge on any atom is 0.332 e. The van der Waals surface area contributed by atoms with Crippen LogP contribution in [0.15, 0.2) is 49.1 Å². The molecule has 10 heteroatoms. The fourth-order valence-electron chi connectivity index (χ4n) is 5.07. The van der Waals surface area contributed by atoms with Gasteiger partial charge >= 0.3 is 17.9 Å². The highest BCUT2D eigenvalue weighted by Gasteiger charge is 2.62. The number of nitrogens with zero attached hydrogens (tertiary/aromatic N) is 2. The number of esters is 2.